The average Bonchev–Trinajstić information content (AvgIpc) is 2.97. The minimum absolute atomic E-state index is 0.0671. The number of rotatable bonds is 11. The van der Waals surface area contributed by atoms with Crippen molar-refractivity contribution >= 4 is 62.9 Å². The van der Waals surface area contributed by atoms with Crippen LogP contribution in [0.4, 0.5) is 38.9 Å². The zero-order chi connectivity index (χ0) is 29.2. The molecule has 0 spiro atoms. The van der Waals surface area contributed by atoms with Crippen LogP contribution in [0.15, 0.2) is 91.0 Å². The molecule has 0 bridgehead atoms. The number of carbonyl (C=O) groups is 3. The summed E-state index contributed by atoms with van der Waals surface area (Å²) in [6, 6.07) is 26.1. The lowest BCUT2D eigenvalue weighted by Crippen LogP contribution is -2.17. The molecule has 6 N–H and O–H groups in total. The standard InChI is InChI=1S/C30H29ClN6O4/c1-32-22-6-3-8-24(15-22)34-28(38)20-12-19(18-41-37-27-11-4-7-23(16-27)33-2)13-21(14-20)29(39)35-25-9-5-10-26(17-25)36-30(31)40/h3-17,32-33,37H,18H2,1-2H3,(H,34,38)(H,35,39)(H,36,40). The first-order valence-electron chi connectivity index (χ1n) is 12.6. The van der Waals surface area contributed by atoms with Crippen molar-refractivity contribution in [1.82, 2.24) is 0 Å². The van der Waals surface area contributed by atoms with E-state index >= 15 is 0 Å². The molecular formula is C30H29ClN6O4. The molecule has 0 atom stereocenters. The molecule has 0 aliphatic rings. The molecule has 4 aromatic rings. The molecule has 11 heteroatoms. The second-order valence-electron chi connectivity index (χ2n) is 8.86. The number of halogens is 1. The fourth-order valence-electron chi connectivity index (χ4n) is 3.93. The third-order valence-electron chi connectivity index (χ3n) is 5.87. The van der Waals surface area contributed by atoms with Crippen molar-refractivity contribution in [3.8, 4) is 0 Å². The summed E-state index contributed by atoms with van der Waals surface area (Å²) >= 11 is 5.40. The highest BCUT2D eigenvalue weighted by Gasteiger charge is 2.15. The van der Waals surface area contributed by atoms with Gasteiger partial charge in [0.05, 0.1) is 12.3 Å². The van der Waals surface area contributed by atoms with Crippen molar-refractivity contribution in [3.63, 3.8) is 0 Å². The lowest BCUT2D eigenvalue weighted by atomic mass is 10.0. The maximum absolute atomic E-state index is 13.3. The second kappa shape index (κ2) is 13.8. The van der Waals surface area contributed by atoms with Crippen LogP contribution in [0, 0.1) is 0 Å². The van der Waals surface area contributed by atoms with Gasteiger partial charge in [0.2, 0.25) is 0 Å². The highest BCUT2D eigenvalue weighted by Crippen LogP contribution is 2.21. The minimum Gasteiger partial charge on any atom is -0.388 e. The number of hydrogen-bond acceptors (Lipinski definition) is 7. The molecule has 0 heterocycles. The lowest BCUT2D eigenvalue weighted by molar-refractivity contribution is 0.102. The molecule has 0 unspecified atom stereocenters. The Morgan fingerprint density at radius 1 is 0.610 bits per heavy atom. The molecule has 0 aliphatic heterocycles. The number of benzene rings is 4. The molecule has 3 amide bonds. The smallest absolute Gasteiger partial charge is 0.318 e. The Morgan fingerprint density at radius 2 is 1.05 bits per heavy atom. The van der Waals surface area contributed by atoms with Gasteiger partial charge in [-0.05, 0) is 90.0 Å². The van der Waals surface area contributed by atoms with Crippen molar-refractivity contribution in [2.24, 2.45) is 0 Å². The van der Waals surface area contributed by atoms with E-state index in [1.165, 1.54) is 6.07 Å². The van der Waals surface area contributed by atoms with E-state index in [0.29, 0.717) is 22.6 Å². The molecule has 0 saturated heterocycles. The third kappa shape index (κ3) is 8.46. The van der Waals surface area contributed by atoms with E-state index in [-0.39, 0.29) is 17.7 Å². The van der Waals surface area contributed by atoms with Crippen molar-refractivity contribution in [1.29, 1.82) is 0 Å². The molecular weight excluding hydrogens is 544 g/mol. The highest BCUT2D eigenvalue weighted by atomic mass is 35.5. The first-order valence-corrected chi connectivity index (χ1v) is 13.0. The number of nitrogens with one attached hydrogen (secondary N) is 6. The van der Waals surface area contributed by atoms with Crippen LogP contribution >= 0.6 is 11.6 Å². The zero-order valence-corrected chi connectivity index (χ0v) is 23.1. The molecule has 0 aliphatic carbocycles. The number of amides is 3. The Bertz CT molecular complexity index is 1560. The van der Waals surface area contributed by atoms with E-state index in [4.69, 9.17) is 16.4 Å². The average molecular weight is 573 g/mol. The van der Waals surface area contributed by atoms with Crippen LogP contribution in [0.25, 0.3) is 0 Å². The summed E-state index contributed by atoms with van der Waals surface area (Å²) in [5.74, 6) is -0.849. The van der Waals surface area contributed by atoms with Crippen molar-refractivity contribution in [2.45, 2.75) is 6.61 Å². The molecule has 41 heavy (non-hydrogen) atoms. The monoisotopic (exact) mass is 572 g/mol. The second-order valence-corrected chi connectivity index (χ2v) is 9.20. The predicted molar refractivity (Wildman–Crippen MR) is 164 cm³/mol. The van der Waals surface area contributed by atoms with Crippen molar-refractivity contribution < 1.29 is 19.2 Å². The van der Waals surface area contributed by atoms with Gasteiger partial charge in [0.1, 0.15) is 0 Å². The Balaban J connectivity index is 1.56. The van der Waals surface area contributed by atoms with Crippen LogP contribution in [0.3, 0.4) is 0 Å². The SMILES string of the molecule is CNc1cccc(NOCc2cc(C(=O)Nc3cccc(NC)c3)cc(C(=O)Nc3cccc(NC(=O)Cl)c3)c2)c1. The first-order chi connectivity index (χ1) is 19.8. The summed E-state index contributed by atoms with van der Waals surface area (Å²) in [4.78, 5) is 43.4. The van der Waals surface area contributed by atoms with Gasteiger partial charge in [-0.25, -0.2) is 0 Å². The van der Waals surface area contributed by atoms with Gasteiger partial charge in [0.15, 0.2) is 0 Å². The van der Waals surface area contributed by atoms with Crippen molar-refractivity contribution in [2.75, 3.05) is 46.2 Å². The molecule has 10 nitrogen and oxygen atoms in total. The van der Waals surface area contributed by atoms with Crippen LogP contribution in [-0.2, 0) is 11.4 Å². The van der Waals surface area contributed by atoms with Gasteiger partial charge in [-0.3, -0.25) is 24.7 Å². The Kier molecular flexibility index (Phi) is 9.76. The van der Waals surface area contributed by atoms with E-state index in [1.54, 1.807) is 55.6 Å². The Labute approximate surface area is 242 Å². The number of anilines is 6. The molecule has 4 aromatic carbocycles. The molecule has 210 valence electrons. The van der Waals surface area contributed by atoms with Gasteiger partial charge in [0.25, 0.3) is 11.8 Å². The van der Waals surface area contributed by atoms with Gasteiger partial charge in [-0.1, -0.05) is 18.2 Å². The maximum Gasteiger partial charge on any atom is 0.318 e. The predicted octanol–water partition coefficient (Wildman–Crippen LogP) is 6.59. The number of carbonyl (C=O) groups excluding carboxylic acids is 3. The summed E-state index contributed by atoms with van der Waals surface area (Å²) < 4.78 is 0. The van der Waals surface area contributed by atoms with Crippen LogP contribution in [0.2, 0.25) is 0 Å². The highest BCUT2D eigenvalue weighted by molar-refractivity contribution is 6.65. The summed E-state index contributed by atoms with van der Waals surface area (Å²) in [5.41, 5.74) is 7.91. The summed E-state index contributed by atoms with van der Waals surface area (Å²) in [6.07, 6.45) is 0. The van der Waals surface area contributed by atoms with Gasteiger partial charge < -0.3 is 26.6 Å². The van der Waals surface area contributed by atoms with Gasteiger partial charge in [-0.15, -0.1) is 0 Å². The normalized spacial score (nSPS) is 10.3. The Morgan fingerprint density at radius 3 is 1.56 bits per heavy atom. The summed E-state index contributed by atoms with van der Waals surface area (Å²) in [7, 11) is 3.61. The van der Waals surface area contributed by atoms with Gasteiger partial charge in [0, 0.05) is 53.7 Å². The molecule has 0 fully saturated rings. The first kappa shape index (κ1) is 28.9. The molecule has 4 rings (SSSR count). The molecule has 0 radical (unpaired) electrons. The van der Waals surface area contributed by atoms with E-state index in [1.807, 2.05) is 43.4 Å². The molecule has 0 saturated carbocycles. The maximum atomic E-state index is 13.3. The number of hydrogen-bond donors (Lipinski definition) is 6. The lowest BCUT2D eigenvalue weighted by Gasteiger charge is -2.13. The van der Waals surface area contributed by atoms with E-state index in [0.717, 1.165) is 17.1 Å². The van der Waals surface area contributed by atoms with Crippen molar-refractivity contribution in [3.05, 3.63) is 108 Å². The minimum atomic E-state index is -0.747. The Hall–Kier alpha value is -5.06. The third-order valence-corrected chi connectivity index (χ3v) is 5.96. The van der Waals surface area contributed by atoms with E-state index in [9.17, 15) is 14.4 Å². The van der Waals surface area contributed by atoms with Gasteiger partial charge in [-0.2, -0.15) is 0 Å². The van der Waals surface area contributed by atoms with Crippen LogP contribution < -0.4 is 32.1 Å². The van der Waals surface area contributed by atoms with Crippen LogP contribution in [0.5, 0.6) is 0 Å². The topological polar surface area (TPSA) is 133 Å². The fraction of sp³-hybridized carbons (Fsp3) is 0.100. The largest absolute Gasteiger partial charge is 0.388 e. The van der Waals surface area contributed by atoms with Crippen LogP contribution in [0.1, 0.15) is 26.3 Å². The van der Waals surface area contributed by atoms with Gasteiger partial charge >= 0.3 is 5.37 Å². The zero-order valence-electron chi connectivity index (χ0n) is 22.4. The summed E-state index contributed by atoms with van der Waals surface area (Å²) in [5, 5.41) is 13.5. The quantitative estimate of drug-likeness (QED) is 0.0678. The van der Waals surface area contributed by atoms with E-state index in [2.05, 4.69) is 32.1 Å². The van der Waals surface area contributed by atoms with E-state index < -0.39 is 17.2 Å². The fourth-order valence-corrected chi connectivity index (χ4v) is 4.03. The van der Waals surface area contributed by atoms with Crippen LogP contribution in [-0.4, -0.2) is 31.3 Å². The molecule has 0 aromatic heterocycles. The summed E-state index contributed by atoms with van der Waals surface area (Å²) in [6.45, 7) is 0.0671.